The Bertz CT molecular complexity index is 1220. The largest absolute Gasteiger partial charge is 0.444 e. The predicted molar refractivity (Wildman–Crippen MR) is 126 cm³/mol. The van der Waals surface area contributed by atoms with Crippen molar-refractivity contribution in [2.45, 2.75) is 52.7 Å². The highest BCUT2D eigenvalue weighted by molar-refractivity contribution is 5.93. The molecule has 8 nitrogen and oxygen atoms in total. The standard InChI is InChI=1S/C25H30FN5O3/c1-6-17-13-20(18-7-9-19(26)10-8-18)28-31-15-21(27-22(17)31)23(32)29-11-12-30(16(2)14-29)24(33)34-25(3,4)5/h7-10,13,15-16H,6,11-12,14H2,1-5H3/t16-/m0/s1. The number of ether oxygens (including phenoxy) is 1. The molecule has 1 fully saturated rings. The molecular formula is C25H30FN5O3. The van der Waals surface area contributed by atoms with Crippen molar-refractivity contribution >= 4 is 17.6 Å². The van der Waals surface area contributed by atoms with Crippen LogP contribution in [0.2, 0.25) is 0 Å². The van der Waals surface area contributed by atoms with Crippen LogP contribution in [0.3, 0.4) is 0 Å². The van der Waals surface area contributed by atoms with Gasteiger partial charge in [-0.25, -0.2) is 18.7 Å². The molecule has 1 aromatic carbocycles. The van der Waals surface area contributed by atoms with E-state index in [1.165, 1.54) is 12.1 Å². The Hall–Kier alpha value is -3.49. The fraction of sp³-hybridized carbons (Fsp3) is 0.440. The summed E-state index contributed by atoms with van der Waals surface area (Å²) < 4.78 is 20.4. The van der Waals surface area contributed by atoms with Crippen LogP contribution in [0.25, 0.3) is 16.9 Å². The maximum absolute atomic E-state index is 13.3. The second-order valence-electron chi connectivity index (χ2n) is 9.58. The maximum Gasteiger partial charge on any atom is 0.410 e. The zero-order valence-corrected chi connectivity index (χ0v) is 20.2. The molecule has 2 amide bonds. The number of rotatable bonds is 3. The van der Waals surface area contributed by atoms with Crippen molar-refractivity contribution in [2.75, 3.05) is 19.6 Å². The van der Waals surface area contributed by atoms with Crippen molar-refractivity contribution in [1.82, 2.24) is 24.4 Å². The first-order chi connectivity index (χ1) is 16.1. The van der Waals surface area contributed by atoms with Crippen LogP contribution in [0.15, 0.2) is 36.5 Å². The van der Waals surface area contributed by atoms with E-state index in [0.717, 1.165) is 11.1 Å². The lowest BCUT2D eigenvalue weighted by atomic mass is 10.1. The molecule has 0 bridgehead atoms. The Morgan fingerprint density at radius 2 is 1.88 bits per heavy atom. The van der Waals surface area contributed by atoms with Crippen LogP contribution in [0, 0.1) is 5.82 Å². The molecule has 3 heterocycles. The van der Waals surface area contributed by atoms with Gasteiger partial charge in [0.2, 0.25) is 0 Å². The van der Waals surface area contributed by atoms with E-state index in [4.69, 9.17) is 4.74 Å². The second kappa shape index (κ2) is 9.04. The number of benzene rings is 1. The van der Waals surface area contributed by atoms with Gasteiger partial charge >= 0.3 is 6.09 Å². The highest BCUT2D eigenvalue weighted by atomic mass is 19.1. The summed E-state index contributed by atoms with van der Waals surface area (Å²) >= 11 is 0. The highest BCUT2D eigenvalue weighted by Gasteiger charge is 2.33. The number of piperazine rings is 1. The minimum absolute atomic E-state index is 0.181. The van der Waals surface area contributed by atoms with Crippen molar-refractivity contribution < 1.29 is 18.7 Å². The van der Waals surface area contributed by atoms with Crippen LogP contribution in [0.1, 0.15) is 50.7 Å². The van der Waals surface area contributed by atoms with Gasteiger partial charge in [0.05, 0.1) is 11.9 Å². The highest BCUT2D eigenvalue weighted by Crippen LogP contribution is 2.23. The summed E-state index contributed by atoms with van der Waals surface area (Å²) in [6, 6.07) is 7.89. The Balaban J connectivity index is 1.55. The first-order valence-electron chi connectivity index (χ1n) is 11.5. The van der Waals surface area contributed by atoms with Gasteiger partial charge in [-0.15, -0.1) is 0 Å². The van der Waals surface area contributed by atoms with Crippen LogP contribution >= 0.6 is 0 Å². The zero-order valence-electron chi connectivity index (χ0n) is 20.2. The normalized spacial score (nSPS) is 16.7. The first kappa shape index (κ1) is 23.7. The van der Waals surface area contributed by atoms with Gasteiger partial charge in [-0.1, -0.05) is 6.92 Å². The van der Waals surface area contributed by atoms with Crippen LogP contribution in [0.5, 0.6) is 0 Å². The molecule has 0 unspecified atom stereocenters. The van der Waals surface area contributed by atoms with Crippen molar-refractivity contribution in [3.05, 3.63) is 53.6 Å². The minimum Gasteiger partial charge on any atom is -0.444 e. The quantitative estimate of drug-likeness (QED) is 0.577. The molecule has 1 atom stereocenters. The van der Waals surface area contributed by atoms with Crippen molar-refractivity contribution in [3.63, 3.8) is 0 Å². The molecule has 0 saturated carbocycles. The Labute approximate surface area is 198 Å². The van der Waals surface area contributed by atoms with Crippen LogP contribution < -0.4 is 0 Å². The number of carbonyl (C=O) groups is 2. The van der Waals surface area contributed by atoms with E-state index in [9.17, 15) is 14.0 Å². The predicted octanol–water partition coefficient (Wildman–Crippen LogP) is 4.18. The first-order valence-corrected chi connectivity index (χ1v) is 11.5. The third kappa shape index (κ3) is 4.88. The van der Waals surface area contributed by atoms with Gasteiger partial charge in [0, 0.05) is 31.2 Å². The van der Waals surface area contributed by atoms with E-state index >= 15 is 0 Å². The van der Waals surface area contributed by atoms with Crippen molar-refractivity contribution in [1.29, 1.82) is 0 Å². The van der Waals surface area contributed by atoms with Gasteiger partial charge in [-0.05, 0) is 70.0 Å². The number of aromatic nitrogens is 3. The fourth-order valence-electron chi connectivity index (χ4n) is 4.06. The van der Waals surface area contributed by atoms with E-state index in [-0.39, 0.29) is 23.9 Å². The number of halogens is 1. The second-order valence-corrected chi connectivity index (χ2v) is 9.58. The molecule has 0 radical (unpaired) electrons. The van der Waals surface area contributed by atoms with Gasteiger partial charge in [0.25, 0.3) is 5.91 Å². The average Bonchev–Trinajstić information content (AvgIpc) is 3.21. The molecule has 0 spiro atoms. The molecule has 0 N–H and O–H groups in total. The maximum atomic E-state index is 13.3. The molecule has 34 heavy (non-hydrogen) atoms. The van der Waals surface area contributed by atoms with Crippen molar-refractivity contribution in [2.24, 2.45) is 0 Å². The number of aryl methyl sites for hydroxylation is 1. The third-order valence-electron chi connectivity index (χ3n) is 5.78. The molecule has 9 heteroatoms. The van der Waals surface area contributed by atoms with E-state index < -0.39 is 5.60 Å². The van der Waals surface area contributed by atoms with Crippen molar-refractivity contribution in [3.8, 4) is 11.3 Å². The van der Waals surface area contributed by atoms with E-state index in [1.54, 1.807) is 32.6 Å². The molecule has 4 rings (SSSR count). The number of hydrogen-bond acceptors (Lipinski definition) is 5. The topological polar surface area (TPSA) is 80.0 Å². The van der Waals surface area contributed by atoms with E-state index in [1.807, 2.05) is 40.7 Å². The zero-order chi connectivity index (χ0) is 24.6. The minimum atomic E-state index is -0.572. The number of fused-ring (bicyclic) bond motifs is 1. The lowest BCUT2D eigenvalue weighted by molar-refractivity contribution is 0.00191. The number of imidazole rings is 1. The SMILES string of the molecule is CCc1cc(-c2ccc(F)cc2)nn2cc(C(=O)N3CCN(C(=O)OC(C)(C)C)[C@@H](C)C3)nc12. The molecule has 0 aliphatic carbocycles. The third-order valence-corrected chi connectivity index (χ3v) is 5.78. The lowest BCUT2D eigenvalue weighted by Gasteiger charge is -2.40. The van der Waals surface area contributed by atoms with Gasteiger partial charge in [0.1, 0.15) is 17.1 Å². The number of carbonyl (C=O) groups excluding carboxylic acids is 2. The number of nitrogens with zero attached hydrogens (tertiary/aromatic N) is 5. The van der Waals surface area contributed by atoms with E-state index in [2.05, 4.69) is 10.1 Å². The summed E-state index contributed by atoms with van der Waals surface area (Å²) in [5, 5.41) is 4.61. The Morgan fingerprint density at radius 3 is 2.50 bits per heavy atom. The number of hydrogen-bond donors (Lipinski definition) is 0. The summed E-state index contributed by atoms with van der Waals surface area (Å²) in [5.41, 5.74) is 2.76. The molecule has 1 aliphatic heterocycles. The average molecular weight is 468 g/mol. The van der Waals surface area contributed by atoms with Gasteiger partial charge in [-0.3, -0.25) is 4.79 Å². The van der Waals surface area contributed by atoms with E-state index in [0.29, 0.717) is 43.1 Å². The fourth-order valence-corrected chi connectivity index (χ4v) is 4.06. The summed E-state index contributed by atoms with van der Waals surface area (Å²) in [4.78, 5) is 33.7. The summed E-state index contributed by atoms with van der Waals surface area (Å²) in [6.45, 7) is 10.6. The monoisotopic (exact) mass is 467 g/mol. The molecule has 180 valence electrons. The molecule has 1 aliphatic rings. The molecular weight excluding hydrogens is 437 g/mol. The summed E-state index contributed by atoms with van der Waals surface area (Å²) in [6.07, 6.45) is 1.97. The van der Waals surface area contributed by atoms with Crippen LogP contribution in [-0.4, -0.2) is 67.7 Å². The Kier molecular flexibility index (Phi) is 6.29. The van der Waals surface area contributed by atoms with Gasteiger partial charge in [0.15, 0.2) is 5.65 Å². The molecule has 2 aromatic heterocycles. The molecule has 1 saturated heterocycles. The summed E-state index contributed by atoms with van der Waals surface area (Å²) in [7, 11) is 0. The van der Waals surface area contributed by atoms with Gasteiger partial charge < -0.3 is 14.5 Å². The van der Waals surface area contributed by atoms with Crippen LogP contribution in [0.4, 0.5) is 9.18 Å². The van der Waals surface area contributed by atoms with Crippen LogP contribution in [-0.2, 0) is 11.2 Å². The molecule has 3 aromatic rings. The summed E-state index contributed by atoms with van der Waals surface area (Å²) in [5.74, 6) is -0.511. The van der Waals surface area contributed by atoms with Gasteiger partial charge in [-0.2, -0.15) is 5.10 Å². The number of amides is 2. The lowest BCUT2D eigenvalue weighted by Crippen LogP contribution is -2.56. The Morgan fingerprint density at radius 1 is 1.18 bits per heavy atom. The smallest absolute Gasteiger partial charge is 0.410 e.